The molecule has 0 N–H and O–H groups in total. The van der Waals surface area contributed by atoms with Crippen LogP contribution in [0.5, 0.6) is 0 Å². The van der Waals surface area contributed by atoms with Crippen LogP contribution >= 0.6 is 0 Å². The van der Waals surface area contributed by atoms with E-state index in [1.165, 1.54) is 66.8 Å². The summed E-state index contributed by atoms with van der Waals surface area (Å²) in [6.07, 6.45) is 7.66. The molecule has 0 fully saturated rings. The summed E-state index contributed by atoms with van der Waals surface area (Å²) in [5.41, 5.74) is 21.8. The quantitative estimate of drug-likeness (QED) is 0.183. The Balaban J connectivity index is 0.000000216. The second-order valence-electron chi connectivity index (χ2n) is 13.2. The largest absolute Gasteiger partial charge is 2.00 e. The van der Waals surface area contributed by atoms with Crippen LogP contribution in [0.3, 0.4) is 0 Å². The average molecular weight is 694 g/mol. The van der Waals surface area contributed by atoms with Crippen LogP contribution in [0.2, 0.25) is 0 Å². The molecular formula is C42H46CoN6+2. The number of aromatic nitrogens is 6. The second kappa shape index (κ2) is 15.3. The van der Waals surface area contributed by atoms with Crippen LogP contribution in [0.1, 0.15) is 66.8 Å². The van der Waals surface area contributed by atoms with Gasteiger partial charge in [0.25, 0.3) is 0 Å². The molecule has 251 valence electrons. The summed E-state index contributed by atoms with van der Waals surface area (Å²) in [4.78, 5) is 28.1. The van der Waals surface area contributed by atoms with Crippen molar-refractivity contribution in [3.63, 3.8) is 0 Å². The maximum Gasteiger partial charge on any atom is 2.00 e. The van der Waals surface area contributed by atoms with E-state index in [1.54, 1.807) is 0 Å². The van der Waals surface area contributed by atoms with Crippen molar-refractivity contribution in [1.29, 1.82) is 0 Å². The van der Waals surface area contributed by atoms with E-state index in [-0.39, 0.29) is 16.8 Å². The molecule has 0 amide bonds. The first-order valence-corrected chi connectivity index (χ1v) is 16.4. The number of rotatable bonds is 4. The summed E-state index contributed by atoms with van der Waals surface area (Å²) >= 11 is 0. The molecule has 0 saturated heterocycles. The average Bonchev–Trinajstić information content (AvgIpc) is 3.05. The van der Waals surface area contributed by atoms with E-state index >= 15 is 0 Å². The minimum absolute atomic E-state index is 0. The smallest absolute Gasteiger partial charge is 0.254 e. The molecule has 0 aliphatic heterocycles. The topological polar surface area (TPSA) is 77.3 Å². The maximum atomic E-state index is 4.89. The molecule has 49 heavy (non-hydrogen) atoms. The third-order valence-electron chi connectivity index (χ3n) is 9.56. The summed E-state index contributed by atoms with van der Waals surface area (Å²) < 4.78 is 0. The third kappa shape index (κ3) is 8.18. The number of hydrogen-bond acceptors (Lipinski definition) is 6. The van der Waals surface area contributed by atoms with Crippen LogP contribution in [0.15, 0.2) is 61.2 Å². The van der Waals surface area contributed by atoms with Crippen molar-refractivity contribution in [1.82, 2.24) is 29.9 Å². The van der Waals surface area contributed by atoms with Crippen molar-refractivity contribution < 1.29 is 16.8 Å². The molecule has 0 atom stereocenters. The predicted molar refractivity (Wildman–Crippen MR) is 198 cm³/mol. The second-order valence-corrected chi connectivity index (χ2v) is 13.2. The molecule has 7 heteroatoms. The fraction of sp³-hybridized carbons (Fsp3) is 0.286. The Morgan fingerprint density at radius 3 is 0.816 bits per heavy atom. The number of pyridine rings is 6. The first-order valence-electron chi connectivity index (χ1n) is 16.4. The standard InChI is InChI=1S/2C21H23N3.Co/c2*1-12-7-18(22-10-15(12)4)19-9-14(3)17(6)21(24-19)20-8-13(2)16(5)11-23-20;/h2*7-11H,1-6H3;/q;;+2. The van der Waals surface area contributed by atoms with Crippen molar-refractivity contribution in [2.24, 2.45) is 0 Å². The molecule has 0 aliphatic carbocycles. The van der Waals surface area contributed by atoms with E-state index in [9.17, 15) is 0 Å². The van der Waals surface area contributed by atoms with Crippen LogP contribution < -0.4 is 0 Å². The number of hydrogen-bond donors (Lipinski definition) is 0. The third-order valence-corrected chi connectivity index (χ3v) is 9.56. The molecule has 6 rings (SSSR count). The van der Waals surface area contributed by atoms with E-state index in [0.29, 0.717) is 0 Å². The Morgan fingerprint density at radius 1 is 0.286 bits per heavy atom. The van der Waals surface area contributed by atoms with Gasteiger partial charge in [-0.25, -0.2) is 9.97 Å². The van der Waals surface area contributed by atoms with Crippen LogP contribution in [0, 0.1) is 83.1 Å². The van der Waals surface area contributed by atoms with E-state index in [0.717, 1.165) is 45.6 Å². The fourth-order valence-corrected chi connectivity index (χ4v) is 5.27. The van der Waals surface area contributed by atoms with Gasteiger partial charge in [-0.15, -0.1) is 0 Å². The number of nitrogens with zero attached hydrogens (tertiary/aromatic N) is 6. The van der Waals surface area contributed by atoms with Crippen molar-refractivity contribution >= 4 is 0 Å². The van der Waals surface area contributed by atoms with E-state index in [4.69, 9.17) is 9.97 Å². The van der Waals surface area contributed by atoms with Crippen LogP contribution in [0.25, 0.3) is 45.6 Å². The molecule has 6 aromatic heterocycles. The molecule has 0 bridgehead atoms. The van der Waals surface area contributed by atoms with Gasteiger partial charge in [-0.1, -0.05) is 0 Å². The zero-order chi connectivity index (χ0) is 34.9. The Hall–Kier alpha value is -4.59. The molecular weight excluding hydrogens is 647 g/mol. The Bertz CT molecular complexity index is 2010. The van der Waals surface area contributed by atoms with Gasteiger partial charge >= 0.3 is 16.8 Å². The van der Waals surface area contributed by atoms with Gasteiger partial charge in [-0.2, -0.15) is 0 Å². The molecule has 6 nitrogen and oxygen atoms in total. The summed E-state index contributed by atoms with van der Waals surface area (Å²) in [5.74, 6) is 0. The van der Waals surface area contributed by atoms with Crippen LogP contribution in [0.4, 0.5) is 0 Å². The molecule has 0 aliphatic rings. The zero-order valence-corrected chi connectivity index (χ0v) is 31.8. The molecule has 0 spiro atoms. The SMILES string of the molecule is Cc1cnc(-c2cc(C)c(C)c(-c3cc(C)c(C)cn3)n2)cc1C.Cc1cnc(-c2cc(C)c(C)c(-c3cc(C)c(C)cn3)n2)cc1C.[Co+2]. The maximum absolute atomic E-state index is 4.89. The zero-order valence-electron chi connectivity index (χ0n) is 30.8. The van der Waals surface area contributed by atoms with Crippen LogP contribution in [-0.4, -0.2) is 29.9 Å². The van der Waals surface area contributed by atoms with Crippen molar-refractivity contribution in [2.75, 3.05) is 0 Å². The summed E-state index contributed by atoms with van der Waals surface area (Å²) in [6, 6.07) is 12.6. The van der Waals surface area contributed by atoms with Crippen molar-refractivity contribution in [2.45, 2.75) is 83.1 Å². The summed E-state index contributed by atoms with van der Waals surface area (Å²) in [5, 5.41) is 0. The Kier molecular flexibility index (Phi) is 11.6. The normalized spacial score (nSPS) is 10.7. The minimum Gasteiger partial charge on any atom is -0.254 e. The molecule has 6 heterocycles. The molecule has 0 aromatic carbocycles. The van der Waals surface area contributed by atoms with E-state index in [1.807, 2.05) is 24.8 Å². The van der Waals surface area contributed by atoms with Gasteiger partial charge < -0.3 is 0 Å². The summed E-state index contributed by atoms with van der Waals surface area (Å²) in [7, 11) is 0. The van der Waals surface area contributed by atoms with Gasteiger partial charge in [-0.3, -0.25) is 19.9 Å². The van der Waals surface area contributed by atoms with Gasteiger partial charge in [0.1, 0.15) is 0 Å². The first kappa shape index (κ1) is 37.2. The van der Waals surface area contributed by atoms with E-state index < -0.39 is 0 Å². The Morgan fingerprint density at radius 2 is 0.531 bits per heavy atom. The van der Waals surface area contributed by atoms with Gasteiger partial charge in [0.15, 0.2) is 0 Å². The fourth-order valence-electron chi connectivity index (χ4n) is 5.27. The van der Waals surface area contributed by atoms with E-state index in [2.05, 4.69) is 139 Å². The minimum atomic E-state index is 0. The van der Waals surface area contributed by atoms with Gasteiger partial charge in [-0.05, 0) is 186 Å². The molecule has 0 unspecified atom stereocenters. The van der Waals surface area contributed by atoms with Gasteiger partial charge in [0, 0.05) is 24.8 Å². The first-order chi connectivity index (χ1) is 22.7. The van der Waals surface area contributed by atoms with Gasteiger partial charge in [0.2, 0.25) is 0 Å². The monoisotopic (exact) mass is 693 g/mol. The molecule has 6 aromatic rings. The van der Waals surface area contributed by atoms with Crippen molar-refractivity contribution in [3.8, 4) is 45.6 Å². The van der Waals surface area contributed by atoms with Crippen molar-refractivity contribution in [3.05, 3.63) is 128 Å². The van der Waals surface area contributed by atoms with Crippen LogP contribution in [-0.2, 0) is 16.8 Å². The predicted octanol–water partition coefficient (Wildman–Crippen LogP) is 10.1. The van der Waals surface area contributed by atoms with Gasteiger partial charge in [0.05, 0.1) is 45.6 Å². The molecule has 0 saturated carbocycles. The molecule has 1 radical (unpaired) electrons. The summed E-state index contributed by atoms with van der Waals surface area (Å²) in [6.45, 7) is 25.2. The number of aryl methyl sites for hydroxylation is 10. The Labute approximate surface area is 302 Å².